The van der Waals surface area contributed by atoms with Crippen molar-refractivity contribution >= 4 is 61.0 Å². The van der Waals surface area contributed by atoms with Crippen LogP contribution < -0.4 is 0 Å². The van der Waals surface area contributed by atoms with Gasteiger partial charge in [-0.15, -0.1) is 7.92 Å². The van der Waals surface area contributed by atoms with Gasteiger partial charge in [-0.25, -0.2) is 0 Å². The molecule has 12 heavy (non-hydrogen) atoms. The first-order valence-electron chi connectivity index (χ1n) is 4.06. The average molecular weight is 430 g/mol. The lowest BCUT2D eigenvalue weighted by atomic mass is 10.4. The number of rotatable bonds is 5. The van der Waals surface area contributed by atoms with Crippen LogP contribution in [-0.4, -0.2) is 34.0 Å². The third-order valence-electron chi connectivity index (χ3n) is 1.74. The fourth-order valence-corrected chi connectivity index (χ4v) is 2.99. The summed E-state index contributed by atoms with van der Waals surface area (Å²) < 4.78 is 0.552. The summed E-state index contributed by atoms with van der Waals surface area (Å²) in [6, 6.07) is 0. The molecular formula is C8H18I2P2. The van der Waals surface area contributed by atoms with Crippen molar-refractivity contribution in [2.45, 2.75) is 14.0 Å². The molecule has 0 spiro atoms. The Hall–Kier alpha value is 2.32. The minimum Gasteiger partial charge on any atom is -0.113 e. The second-order valence-electron chi connectivity index (χ2n) is 3.47. The lowest BCUT2D eigenvalue weighted by Gasteiger charge is -2.25. The van der Waals surface area contributed by atoms with Gasteiger partial charge in [-0.3, -0.25) is 0 Å². The Morgan fingerprint density at radius 3 is 1.92 bits per heavy atom. The predicted molar refractivity (Wildman–Crippen MR) is 82.4 cm³/mol. The lowest BCUT2D eigenvalue weighted by Crippen LogP contribution is -2.07. The van der Waals surface area contributed by atoms with Crippen LogP contribution in [-0.2, 0) is 0 Å². The highest BCUT2D eigenvalue weighted by Crippen LogP contribution is 2.56. The molecule has 74 valence electrons. The van der Waals surface area contributed by atoms with Crippen molar-refractivity contribution in [3.8, 4) is 0 Å². The standard InChI is InChI=1S/C8H18I2P2/c1-11(2)7-5-6-8(9,10)12(3)4/h5-7H2,1-4H3. The van der Waals surface area contributed by atoms with Crippen molar-refractivity contribution in [3.05, 3.63) is 0 Å². The summed E-state index contributed by atoms with van der Waals surface area (Å²) in [5, 5.41) is 0. The van der Waals surface area contributed by atoms with E-state index in [9.17, 15) is 0 Å². The van der Waals surface area contributed by atoms with Crippen molar-refractivity contribution in [2.75, 3.05) is 32.8 Å². The molecule has 0 rings (SSSR count). The van der Waals surface area contributed by atoms with Crippen LogP contribution >= 0.6 is 61.0 Å². The summed E-state index contributed by atoms with van der Waals surface area (Å²) in [6.07, 6.45) is 4.27. The molecule has 0 aromatic rings. The molecule has 0 radical (unpaired) electrons. The molecule has 0 fully saturated rings. The molecule has 4 heteroatoms. The topological polar surface area (TPSA) is 0 Å². The minimum absolute atomic E-state index is 0.206. The monoisotopic (exact) mass is 430 g/mol. The van der Waals surface area contributed by atoms with Crippen LogP contribution in [0.4, 0.5) is 0 Å². The third-order valence-corrected chi connectivity index (χ3v) is 11.3. The maximum absolute atomic E-state index is 2.64. The second kappa shape index (κ2) is 6.74. The molecule has 0 nitrogen and oxygen atoms in total. The van der Waals surface area contributed by atoms with Gasteiger partial charge in [0.25, 0.3) is 0 Å². The Morgan fingerprint density at radius 2 is 1.58 bits per heavy atom. The van der Waals surface area contributed by atoms with Crippen LogP contribution in [0.5, 0.6) is 0 Å². The molecule has 0 amide bonds. The Morgan fingerprint density at radius 1 is 1.08 bits per heavy atom. The van der Waals surface area contributed by atoms with E-state index in [1.54, 1.807) is 0 Å². The smallest absolute Gasteiger partial charge is 0.0919 e. The highest BCUT2D eigenvalue weighted by Gasteiger charge is 2.25. The van der Waals surface area contributed by atoms with Crippen molar-refractivity contribution < 1.29 is 0 Å². The lowest BCUT2D eigenvalue weighted by molar-refractivity contribution is 0.873. The normalized spacial score (nSPS) is 13.0. The molecular weight excluding hydrogens is 412 g/mol. The van der Waals surface area contributed by atoms with E-state index in [0.29, 0.717) is 9.09 Å². The predicted octanol–water partition coefficient (Wildman–Crippen LogP) is 4.77. The first kappa shape index (κ1) is 14.3. The van der Waals surface area contributed by atoms with Crippen molar-refractivity contribution in [1.29, 1.82) is 0 Å². The summed E-state index contributed by atoms with van der Waals surface area (Å²) in [7, 11) is 0.534. The zero-order valence-electron chi connectivity index (χ0n) is 8.27. The van der Waals surface area contributed by atoms with Crippen LogP contribution in [0.15, 0.2) is 0 Å². The molecule has 0 aromatic heterocycles. The van der Waals surface area contributed by atoms with Gasteiger partial charge in [0.2, 0.25) is 0 Å². The summed E-state index contributed by atoms with van der Waals surface area (Å²) in [6.45, 7) is 9.51. The number of halogens is 2. The van der Waals surface area contributed by atoms with E-state index in [1.165, 1.54) is 19.0 Å². The summed E-state index contributed by atoms with van der Waals surface area (Å²) in [5.74, 6) is 0. The quantitative estimate of drug-likeness (QED) is 0.335. The van der Waals surface area contributed by atoms with E-state index < -0.39 is 0 Å². The molecule has 0 atom stereocenters. The third kappa shape index (κ3) is 6.73. The molecule has 0 aliphatic heterocycles. The fraction of sp³-hybridized carbons (Fsp3) is 1.00. The van der Waals surface area contributed by atoms with Crippen LogP contribution in [0, 0.1) is 0 Å². The fourth-order valence-electron chi connectivity index (χ4n) is 0.832. The molecule has 0 N–H and O–H groups in total. The largest absolute Gasteiger partial charge is 0.113 e. The molecule has 0 aliphatic rings. The van der Waals surface area contributed by atoms with Gasteiger partial charge in [-0.05, 0) is 45.7 Å². The molecule has 0 heterocycles. The molecule has 0 saturated carbocycles. The van der Waals surface area contributed by atoms with Crippen molar-refractivity contribution in [3.63, 3.8) is 0 Å². The van der Waals surface area contributed by atoms with Gasteiger partial charge in [-0.2, -0.15) is 0 Å². The average Bonchev–Trinajstić information content (AvgIpc) is 1.85. The summed E-state index contributed by atoms with van der Waals surface area (Å²) in [5.41, 5.74) is 0. The second-order valence-corrected chi connectivity index (χ2v) is 16.1. The van der Waals surface area contributed by atoms with Crippen LogP contribution in [0.1, 0.15) is 12.8 Å². The zero-order valence-corrected chi connectivity index (χ0v) is 14.4. The van der Waals surface area contributed by atoms with Gasteiger partial charge in [0, 0.05) is 0 Å². The van der Waals surface area contributed by atoms with E-state index in [2.05, 4.69) is 71.8 Å². The van der Waals surface area contributed by atoms with Gasteiger partial charge >= 0.3 is 0 Å². The van der Waals surface area contributed by atoms with E-state index >= 15 is 0 Å². The molecule has 0 aliphatic carbocycles. The Bertz CT molecular complexity index is 124. The Kier molecular flexibility index (Phi) is 8.04. The van der Waals surface area contributed by atoms with Crippen LogP contribution in [0.3, 0.4) is 0 Å². The minimum atomic E-state index is 0.206. The van der Waals surface area contributed by atoms with Crippen molar-refractivity contribution in [2.24, 2.45) is 0 Å². The first-order valence-corrected chi connectivity index (χ1v) is 10.9. The Labute approximate surface area is 107 Å². The maximum Gasteiger partial charge on any atom is 0.0919 e. The summed E-state index contributed by atoms with van der Waals surface area (Å²) >= 11 is 5.27. The molecule has 0 bridgehead atoms. The SMILES string of the molecule is CP(C)CCCC(I)(I)P(C)C. The Balaban J connectivity index is 3.61. The molecule has 0 unspecified atom stereocenters. The van der Waals surface area contributed by atoms with Gasteiger partial charge in [-0.1, -0.05) is 53.1 Å². The summed E-state index contributed by atoms with van der Waals surface area (Å²) in [4.78, 5) is 0. The molecule has 0 saturated heterocycles. The van der Waals surface area contributed by atoms with E-state index in [0.717, 1.165) is 0 Å². The zero-order chi connectivity index (χ0) is 9.78. The maximum atomic E-state index is 2.64. The van der Waals surface area contributed by atoms with Gasteiger partial charge in [0.15, 0.2) is 0 Å². The van der Waals surface area contributed by atoms with Gasteiger partial charge < -0.3 is 0 Å². The highest BCUT2D eigenvalue weighted by atomic mass is 127. The van der Waals surface area contributed by atoms with E-state index in [-0.39, 0.29) is 7.92 Å². The van der Waals surface area contributed by atoms with E-state index in [4.69, 9.17) is 0 Å². The van der Waals surface area contributed by atoms with Gasteiger partial charge in [0.05, 0.1) is 1.17 Å². The van der Waals surface area contributed by atoms with E-state index in [1.807, 2.05) is 0 Å². The van der Waals surface area contributed by atoms with Gasteiger partial charge in [0.1, 0.15) is 0 Å². The van der Waals surface area contributed by atoms with Crippen LogP contribution in [0.25, 0.3) is 0 Å². The van der Waals surface area contributed by atoms with Crippen LogP contribution in [0.2, 0.25) is 0 Å². The number of hydrogen-bond donors (Lipinski definition) is 0. The highest BCUT2D eigenvalue weighted by molar-refractivity contribution is 14.2. The first-order chi connectivity index (χ1) is 5.36. The number of hydrogen-bond acceptors (Lipinski definition) is 0. The van der Waals surface area contributed by atoms with Crippen molar-refractivity contribution in [1.82, 2.24) is 0 Å². The number of alkyl halides is 2. The molecule has 0 aromatic carbocycles.